The average molecular weight is 399 g/mol. The molecule has 0 unspecified atom stereocenters. The summed E-state index contributed by atoms with van der Waals surface area (Å²) in [5.41, 5.74) is 0.461. The molecule has 29 heavy (non-hydrogen) atoms. The van der Waals surface area contributed by atoms with Gasteiger partial charge in [0.1, 0.15) is 17.4 Å². The van der Waals surface area contributed by atoms with Crippen molar-refractivity contribution in [1.29, 1.82) is 0 Å². The summed E-state index contributed by atoms with van der Waals surface area (Å²) in [7, 11) is 1.52. The Hall–Kier alpha value is -2.90. The highest BCUT2D eigenvalue weighted by molar-refractivity contribution is 5.97. The monoisotopic (exact) mass is 399 g/mol. The number of hydrogen-bond donors (Lipinski definition) is 2. The molecule has 0 saturated carbocycles. The molecule has 0 atom stereocenters. The molecule has 2 amide bonds. The predicted molar refractivity (Wildman–Crippen MR) is 109 cm³/mol. The normalized spacial score (nSPS) is 13.3. The van der Waals surface area contributed by atoms with Crippen molar-refractivity contribution in [3.63, 3.8) is 0 Å². The van der Waals surface area contributed by atoms with Gasteiger partial charge in [-0.05, 0) is 31.4 Å². The molecule has 0 saturated heterocycles. The number of rotatable bonds is 9. The van der Waals surface area contributed by atoms with Crippen LogP contribution in [0.1, 0.15) is 54.1 Å². The van der Waals surface area contributed by atoms with Crippen LogP contribution >= 0.6 is 0 Å². The summed E-state index contributed by atoms with van der Waals surface area (Å²) in [5.74, 6) is 2.29. The SMILES string of the molecule is COc1ccccc1C(=O)NCCC(=O)NCCCc1nnc2n1CCCCC2. The van der Waals surface area contributed by atoms with E-state index in [2.05, 4.69) is 25.4 Å². The second kappa shape index (κ2) is 10.6. The minimum Gasteiger partial charge on any atom is -0.496 e. The largest absolute Gasteiger partial charge is 0.496 e. The van der Waals surface area contributed by atoms with Gasteiger partial charge in [0.05, 0.1) is 12.7 Å². The molecule has 0 aliphatic carbocycles. The first-order valence-corrected chi connectivity index (χ1v) is 10.3. The molecule has 8 heteroatoms. The number of hydrogen-bond acceptors (Lipinski definition) is 5. The Morgan fingerprint density at radius 3 is 2.83 bits per heavy atom. The molecule has 0 radical (unpaired) electrons. The van der Waals surface area contributed by atoms with Crippen molar-refractivity contribution in [3.05, 3.63) is 41.5 Å². The van der Waals surface area contributed by atoms with Gasteiger partial charge in [-0.25, -0.2) is 0 Å². The van der Waals surface area contributed by atoms with Crippen LogP contribution in [0.25, 0.3) is 0 Å². The van der Waals surface area contributed by atoms with Crippen molar-refractivity contribution in [1.82, 2.24) is 25.4 Å². The zero-order valence-electron chi connectivity index (χ0n) is 16.9. The molecule has 1 aliphatic rings. The molecule has 1 aliphatic heterocycles. The number of carbonyl (C=O) groups is 2. The van der Waals surface area contributed by atoms with E-state index in [-0.39, 0.29) is 24.8 Å². The van der Waals surface area contributed by atoms with E-state index in [9.17, 15) is 9.59 Å². The number of para-hydroxylation sites is 1. The van der Waals surface area contributed by atoms with Crippen LogP contribution in [-0.2, 0) is 24.2 Å². The van der Waals surface area contributed by atoms with Gasteiger partial charge in [-0.1, -0.05) is 18.6 Å². The van der Waals surface area contributed by atoms with Gasteiger partial charge in [-0.15, -0.1) is 10.2 Å². The molecule has 2 aromatic rings. The van der Waals surface area contributed by atoms with Crippen LogP contribution in [-0.4, -0.2) is 46.8 Å². The summed E-state index contributed by atoms with van der Waals surface area (Å²) in [6.07, 6.45) is 6.46. The lowest BCUT2D eigenvalue weighted by Gasteiger charge is -2.10. The van der Waals surface area contributed by atoms with E-state index in [1.165, 1.54) is 26.4 Å². The first-order chi connectivity index (χ1) is 14.2. The smallest absolute Gasteiger partial charge is 0.255 e. The quantitative estimate of drug-likeness (QED) is 0.628. The second-order valence-electron chi connectivity index (χ2n) is 7.15. The molecular formula is C21H29N5O3. The second-order valence-corrected chi connectivity index (χ2v) is 7.15. The van der Waals surface area contributed by atoms with Crippen molar-refractivity contribution in [3.8, 4) is 5.75 Å². The number of benzene rings is 1. The van der Waals surface area contributed by atoms with E-state index < -0.39 is 0 Å². The van der Waals surface area contributed by atoms with Crippen LogP contribution in [0.4, 0.5) is 0 Å². The standard InChI is InChI=1S/C21H29N5O3/c1-29-17-9-5-4-8-16(17)21(28)23-14-12-20(27)22-13-7-11-19-25-24-18-10-3-2-6-15-26(18)19/h4-5,8-9H,2-3,6-7,10-15H2,1H3,(H,22,27)(H,23,28). The highest BCUT2D eigenvalue weighted by Gasteiger charge is 2.14. The average Bonchev–Trinajstić information content (AvgIpc) is 2.96. The molecule has 2 heterocycles. The molecule has 0 fully saturated rings. The van der Waals surface area contributed by atoms with Crippen molar-refractivity contribution in [2.75, 3.05) is 20.2 Å². The molecule has 2 N–H and O–H groups in total. The van der Waals surface area contributed by atoms with E-state index in [1.54, 1.807) is 24.3 Å². The van der Waals surface area contributed by atoms with Crippen LogP contribution in [0, 0.1) is 0 Å². The zero-order chi connectivity index (χ0) is 20.5. The minimum absolute atomic E-state index is 0.0783. The van der Waals surface area contributed by atoms with E-state index in [0.29, 0.717) is 17.9 Å². The Bertz CT molecular complexity index is 833. The Kier molecular flexibility index (Phi) is 7.61. The first kappa shape index (κ1) is 20.8. The zero-order valence-corrected chi connectivity index (χ0v) is 16.9. The van der Waals surface area contributed by atoms with Crippen molar-refractivity contribution >= 4 is 11.8 Å². The van der Waals surface area contributed by atoms with E-state index in [1.807, 2.05) is 0 Å². The first-order valence-electron chi connectivity index (χ1n) is 10.3. The number of amides is 2. The number of methoxy groups -OCH3 is 1. The Balaban J connectivity index is 1.33. The summed E-state index contributed by atoms with van der Waals surface area (Å²) in [6, 6.07) is 7.01. The summed E-state index contributed by atoms with van der Waals surface area (Å²) < 4.78 is 7.42. The number of ether oxygens (including phenoxy) is 1. The van der Waals surface area contributed by atoms with Gasteiger partial charge >= 0.3 is 0 Å². The number of nitrogens with zero attached hydrogens (tertiary/aromatic N) is 3. The van der Waals surface area contributed by atoms with Crippen molar-refractivity contribution in [2.45, 2.75) is 51.5 Å². The number of nitrogens with one attached hydrogen (secondary N) is 2. The fourth-order valence-corrected chi connectivity index (χ4v) is 3.51. The highest BCUT2D eigenvalue weighted by atomic mass is 16.5. The number of aromatic nitrogens is 3. The number of aryl methyl sites for hydroxylation is 2. The van der Waals surface area contributed by atoms with Gasteiger partial charge in [-0.3, -0.25) is 9.59 Å². The van der Waals surface area contributed by atoms with Gasteiger partial charge in [0.25, 0.3) is 5.91 Å². The lowest BCUT2D eigenvalue weighted by Crippen LogP contribution is -2.31. The van der Waals surface area contributed by atoms with Crippen LogP contribution < -0.4 is 15.4 Å². The topological polar surface area (TPSA) is 98.1 Å². The fourth-order valence-electron chi connectivity index (χ4n) is 3.51. The summed E-state index contributed by atoms with van der Waals surface area (Å²) in [5, 5.41) is 14.3. The Morgan fingerprint density at radius 1 is 1.10 bits per heavy atom. The number of fused-ring (bicyclic) bond motifs is 1. The molecule has 156 valence electrons. The van der Waals surface area contributed by atoms with E-state index >= 15 is 0 Å². The van der Waals surface area contributed by atoms with Crippen LogP contribution in [0.2, 0.25) is 0 Å². The molecule has 8 nitrogen and oxygen atoms in total. The Morgan fingerprint density at radius 2 is 1.97 bits per heavy atom. The maximum atomic E-state index is 12.2. The van der Waals surface area contributed by atoms with Gasteiger partial charge in [-0.2, -0.15) is 0 Å². The van der Waals surface area contributed by atoms with Crippen LogP contribution in [0.3, 0.4) is 0 Å². The summed E-state index contributed by atoms with van der Waals surface area (Å²) >= 11 is 0. The van der Waals surface area contributed by atoms with Gasteiger partial charge in [0.2, 0.25) is 5.91 Å². The highest BCUT2D eigenvalue weighted by Crippen LogP contribution is 2.17. The van der Waals surface area contributed by atoms with Crippen LogP contribution in [0.5, 0.6) is 5.75 Å². The molecule has 3 rings (SSSR count). The lowest BCUT2D eigenvalue weighted by atomic mass is 10.2. The van der Waals surface area contributed by atoms with Gasteiger partial charge < -0.3 is 19.9 Å². The van der Waals surface area contributed by atoms with Gasteiger partial charge in [0.15, 0.2) is 0 Å². The minimum atomic E-state index is -0.247. The maximum absolute atomic E-state index is 12.2. The fraction of sp³-hybridized carbons (Fsp3) is 0.524. The van der Waals surface area contributed by atoms with E-state index in [0.717, 1.165) is 37.5 Å². The van der Waals surface area contributed by atoms with Crippen LogP contribution in [0.15, 0.2) is 24.3 Å². The van der Waals surface area contributed by atoms with E-state index in [4.69, 9.17) is 4.74 Å². The maximum Gasteiger partial charge on any atom is 0.255 e. The summed E-state index contributed by atoms with van der Waals surface area (Å²) in [6.45, 7) is 1.86. The predicted octanol–water partition coefficient (Wildman–Crippen LogP) is 1.88. The number of carbonyl (C=O) groups excluding carboxylic acids is 2. The lowest BCUT2D eigenvalue weighted by molar-refractivity contribution is -0.120. The van der Waals surface area contributed by atoms with Crippen molar-refractivity contribution < 1.29 is 14.3 Å². The van der Waals surface area contributed by atoms with Gasteiger partial charge in [0, 0.05) is 38.9 Å². The third kappa shape index (κ3) is 5.79. The Labute approximate surface area is 171 Å². The third-order valence-electron chi connectivity index (χ3n) is 5.07. The molecule has 1 aromatic heterocycles. The summed E-state index contributed by atoms with van der Waals surface area (Å²) in [4.78, 5) is 24.2. The third-order valence-corrected chi connectivity index (χ3v) is 5.07. The molecule has 1 aromatic carbocycles. The molecular weight excluding hydrogens is 370 g/mol. The van der Waals surface area contributed by atoms with Crippen molar-refractivity contribution in [2.24, 2.45) is 0 Å². The molecule has 0 spiro atoms. The molecule has 0 bridgehead atoms.